The average molecular weight is 390 g/mol. The van der Waals surface area contributed by atoms with Crippen LogP contribution in [0.4, 0.5) is 0 Å². The van der Waals surface area contributed by atoms with Gasteiger partial charge in [-0.25, -0.2) is 0 Å². The maximum atomic E-state index is 10.8. The van der Waals surface area contributed by atoms with Gasteiger partial charge in [0.25, 0.3) is 0 Å². The van der Waals surface area contributed by atoms with Crippen molar-refractivity contribution in [3.05, 3.63) is 48.6 Å². The van der Waals surface area contributed by atoms with Crippen LogP contribution >= 0.6 is 0 Å². The molecule has 6 heteroatoms. The molecular formula is C22H30O6. The van der Waals surface area contributed by atoms with Crippen molar-refractivity contribution >= 4 is 0 Å². The summed E-state index contributed by atoms with van der Waals surface area (Å²) in [6.07, 6.45) is 1.89. The minimum Gasteiger partial charge on any atom is -0.387 e. The van der Waals surface area contributed by atoms with Crippen LogP contribution in [0.1, 0.15) is 37.7 Å². The van der Waals surface area contributed by atoms with Gasteiger partial charge in [0.05, 0.1) is 13.2 Å². The molecule has 1 spiro atoms. The molecule has 6 nitrogen and oxygen atoms in total. The van der Waals surface area contributed by atoms with E-state index in [-0.39, 0.29) is 6.61 Å². The molecule has 3 fully saturated rings. The van der Waals surface area contributed by atoms with E-state index in [4.69, 9.17) is 18.9 Å². The van der Waals surface area contributed by atoms with Gasteiger partial charge >= 0.3 is 0 Å². The van der Waals surface area contributed by atoms with Gasteiger partial charge in [0.1, 0.15) is 36.6 Å². The molecule has 0 unspecified atom stereocenters. The van der Waals surface area contributed by atoms with E-state index in [1.807, 2.05) is 30.3 Å². The highest BCUT2D eigenvalue weighted by atomic mass is 16.8. The molecule has 28 heavy (non-hydrogen) atoms. The minimum atomic E-state index is -1.12. The lowest BCUT2D eigenvalue weighted by molar-refractivity contribution is -0.219. The summed E-state index contributed by atoms with van der Waals surface area (Å²) in [4.78, 5) is 0. The molecular weight excluding hydrogens is 360 g/mol. The Bertz CT molecular complexity index is 644. The Morgan fingerprint density at radius 1 is 0.964 bits per heavy atom. The Kier molecular flexibility index (Phi) is 6.16. The van der Waals surface area contributed by atoms with Crippen molar-refractivity contribution in [2.45, 2.75) is 81.1 Å². The van der Waals surface area contributed by atoms with E-state index >= 15 is 0 Å². The van der Waals surface area contributed by atoms with Gasteiger partial charge in [-0.15, -0.1) is 6.58 Å². The van der Waals surface area contributed by atoms with Gasteiger partial charge in [0, 0.05) is 12.8 Å². The first kappa shape index (κ1) is 20.0. The van der Waals surface area contributed by atoms with Crippen LogP contribution in [-0.4, -0.2) is 59.2 Å². The summed E-state index contributed by atoms with van der Waals surface area (Å²) in [6, 6.07) is 9.76. The first-order chi connectivity index (χ1) is 13.6. The molecule has 1 aromatic rings. The standard InChI is InChI=1S/C22H30O6/c1-2-13-25-18-16(23)17(24)19(26-14-15-9-5-3-6-10-15)21-20(18)27-22(28-21)11-7-4-8-12-22/h2-3,5-6,9-10,16-21,23-24H,1,4,7-8,11-14H2/t16-,17-,18-,19-,20-,21+/m1/s1. The molecule has 2 saturated carbocycles. The Labute approximate surface area is 166 Å². The van der Waals surface area contributed by atoms with Crippen molar-refractivity contribution in [1.29, 1.82) is 0 Å². The predicted molar refractivity (Wildman–Crippen MR) is 103 cm³/mol. The highest BCUT2D eigenvalue weighted by Gasteiger charge is 2.61. The Morgan fingerprint density at radius 3 is 2.18 bits per heavy atom. The van der Waals surface area contributed by atoms with E-state index < -0.39 is 42.4 Å². The van der Waals surface area contributed by atoms with Gasteiger partial charge < -0.3 is 29.2 Å². The van der Waals surface area contributed by atoms with Gasteiger partial charge in [0.15, 0.2) is 5.79 Å². The summed E-state index contributed by atoms with van der Waals surface area (Å²) in [5.41, 5.74) is 0.997. The first-order valence-electron chi connectivity index (χ1n) is 10.2. The second-order valence-electron chi connectivity index (χ2n) is 7.97. The van der Waals surface area contributed by atoms with E-state index in [1.165, 1.54) is 6.42 Å². The van der Waals surface area contributed by atoms with Crippen molar-refractivity contribution in [2.24, 2.45) is 0 Å². The second kappa shape index (κ2) is 8.61. The molecule has 3 aliphatic rings. The average Bonchev–Trinajstić information content (AvgIpc) is 3.07. The summed E-state index contributed by atoms with van der Waals surface area (Å²) in [5.74, 6) is -0.665. The van der Waals surface area contributed by atoms with Crippen LogP contribution in [0.2, 0.25) is 0 Å². The lowest BCUT2D eigenvalue weighted by Gasteiger charge is -2.42. The lowest BCUT2D eigenvalue weighted by atomic mass is 9.84. The van der Waals surface area contributed by atoms with Crippen LogP contribution < -0.4 is 0 Å². The molecule has 2 N–H and O–H groups in total. The number of rotatable bonds is 6. The minimum absolute atomic E-state index is 0.267. The summed E-state index contributed by atoms with van der Waals surface area (Å²) < 4.78 is 24.6. The molecule has 2 aliphatic carbocycles. The molecule has 0 bridgehead atoms. The number of benzene rings is 1. The van der Waals surface area contributed by atoms with E-state index in [0.29, 0.717) is 6.61 Å². The summed E-state index contributed by atoms with van der Waals surface area (Å²) in [5, 5.41) is 21.5. The monoisotopic (exact) mass is 390 g/mol. The van der Waals surface area contributed by atoms with Crippen LogP contribution in [0.3, 0.4) is 0 Å². The third-order valence-corrected chi connectivity index (χ3v) is 6.00. The highest BCUT2D eigenvalue weighted by molar-refractivity contribution is 5.14. The Balaban J connectivity index is 1.55. The normalized spacial score (nSPS) is 36.9. The third kappa shape index (κ3) is 3.90. The zero-order chi connectivity index (χ0) is 19.6. The molecule has 0 radical (unpaired) electrons. The van der Waals surface area contributed by atoms with Crippen molar-refractivity contribution in [2.75, 3.05) is 6.61 Å². The van der Waals surface area contributed by atoms with Crippen LogP contribution in [-0.2, 0) is 25.6 Å². The number of fused-ring (bicyclic) bond motifs is 1. The molecule has 6 atom stereocenters. The van der Waals surface area contributed by atoms with Gasteiger partial charge in [-0.05, 0) is 18.4 Å². The van der Waals surface area contributed by atoms with E-state index in [0.717, 1.165) is 31.2 Å². The maximum Gasteiger partial charge on any atom is 0.169 e. The smallest absolute Gasteiger partial charge is 0.169 e. The summed E-state index contributed by atoms with van der Waals surface area (Å²) in [6.45, 7) is 4.26. The van der Waals surface area contributed by atoms with E-state index in [9.17, 15) is 10.2 Å². The van der Waals surface area contributed by atoms with Crippen LogP contribution in [0.15, 0.2) is 43.0 Å². The van der Waals surface area contributed by atoms with Crippen LogP contribution in [0, 0.1) is 0 Å². The fourth-order valence-corrected chi connectivity index (χ4v) is 4.60. The van der Waals surface area contributed by atoms with Crippen molar-refractivity contribution in [3.8, 4) is 0 Å². The quantitative estimate of drug-likeness (QED) is 0.726. The van der Waals surface area contributed by atoms with Gasteiger partial charge in [-0.2, -0.15) is 0 Å². The van der Waals surface area contributed by atoms with Gasteiger partial charge in [-0.1, -0.05) is 42.8 Å². The van der Waals surface area contributed by atoms with Crippen LogP contribution in [0.5, 0.6) is 0 Å². The molecule has 154 valence electrons. The number of hydrogen-bond donors (Lipinski definition) is 2. The number of aliphatic hydroxyl groups is 2. The number of ether oxygens (including phenoxy) is 4. The molecule has 1 heterocycles. The number of hydrogen-bond acceptors (Lipinski definition) is 6. The fraction of sp³-hybridized carbons (Fsp3) is 0.636. The van der Waals surface area contributed by atoms with Crippen molar-refractivity contribution in [3.63, 3.8) is 0 Å². The topological polar surface area (TPSA) is 77.4 Å². The predicted octanol–water partition coefficient (Wildman–Crippen LogP) is 2.32. The number of aliphatic hydroxyl groups excluding tert-OH is 2. The molecule has 1 aliphatic heterocycles. The summed E-state index contributed by atoms with van der Waals surface area (Å²) >= 11 is 0. The van der Waals surface area contributed by atoms with E-state index in [2.05, 4.69) is 6.58 Å². The largest absolute Gasteiger partial charge is 0.387 e. The SMILES string of the molecule is C=CCO[C@@H]1[C@H](O)[C@@H](O)[C@@H](OCc2ccccc2)[C@@H]2OC3(CCCCC3)O[C@@H]21. The molecule has 4 rings (SSSR count). The van der Waals surface area contributed by atoms with E-state index in [1.54, 1.807) is 6.08 Å². The first-order valence-corrected chi connectivity index (χ1v) is 10.2. The highest BCUT2D eigenvalue weighted by Crippen LogP contribution is 2.46. The zero-order valence-corrected chi connectivity index (χ0v) is 16.1. The fourth-order valence-electron chi connectivity index (χ4n) is 4.60. The molecule has 0 aromatic heterocycles. The maximum absolute atomic E-state index is 10.8. The second-order valence-corrected chi connectivity index (χ2v) is 7.97. The lowest BCUT2D eigenvalue weighted by Crippen LogP contribution is -2.64. The van der Waals surface area contributed by atoms with Gasteiger partial charge in [-0.3, -0.25) is 0 Å². The van der Waals surface area contributed by atoms with Crippen molar-refractivity contribution in [1.82, 2.24) is 0 Å². The summed E-state index contributed by atoms with van der Waals surface area (Å²) in [7, 11) is 0. The molecule has 1 saturated heterocycles. The Morgan fingerprint density at radius 2 is 1.57 bits per heavy atom. The molecule has 0 amide bonds. The zero-order valence-electron chi connectivity index (χ0n) is 16.1. The molecule has 1 aromatic carbocycles. The third-order valence-electron chi connectivity index (χ3n) is 6.00. The van der Waals surface area contributed by atoms with Crippen LogP contribution in [0.25, 0.3) is 0 Å². The Hall–Kier alpha value is -1.28. The van der Waals surface area contributed by atoms with Crippen molar-refractivity contribution < 1.29 is 29.2 Å². The van der Waals surface area contributed by atoms with Gasteiger partial charge in [0.2, 0.25) is 0 Å².